The highest BCUT2D eigenvalue weighted by Gasteiger charge is 2.25. The van der Waals surface area contributed by atoms with E-state index in [-0.39, 0.29) is 5.82 Å². The first-order valence-corrected chi connectivity index (χ1v) is 10.5. The Morgan fingerprint density at radius 1 is 0.967 bits per heavy atom. The fraction of sp³-hybridized carbons (Fsp3) is 0.240. The van der Waals surface area contributed by atoms with Crippen molar-refractivity contribution >= 4 is 16.7 Å². The Labute approximate surface area is 176 Å². The van der Waals surface area contributed by atoms with Gasteiger partial charge >= 0.3 is 0 Å². The monoisotopic (exact) mass is 400 g/mol. The zero-order valence-electron chi connectivity index (χ0n) is 17.1. The summed E-state index contributed by atoms with van der Waals surface area (Å²) in [4.78, 5) is 7.21. The van der Waals surface area contributed by atoms with Gasteiger partial charge in [-0.25, -0.2) is 9.37 Å². The average molecular weight is 401 g/mol. The van der Waals surface area contributed by atoms with E-state index in [9.17, 15) is 4.39 Å². The molecule has 4 nitrogen and oxygen atoms in total. The summed E-state index contributed by atoms with van der Waals surface area (Å²) >= 11 is 0. The van der Waals surface area contributed by atoms with Gasteiger partial charge in [-0.05, 0) is 48.4 Å². The summed E-state index contributed by atoms with van der Waals surface area (Å²) in [6.45, 7) is 5.66. The molecule has 2 aromatic heterocycles. The Kier molecular flexibility index (Phi) is 4.97. The lowest BCUT2D eigenvalue weighted by Gasteiger charge is -2.30. The molecule has 5 rings (SSSR count). The second-order valence-electron chi connectivity index (χ2n) is 7.78. The van der Waals surface area contributed by atoms with Gasteiger partial charge in [0.1, 0.15) is 11.5 Å². The quantitative estimate of drug-likeness (QED) is 0.549. The first kappa shape index (κ1) is 18.8. The Morgan fingerprint density at radius 2 is 1.77 bits per heavy atom. The number of piperazine rings is 1. The van der Waals surface area contributed by atoms with Crippen LogP contribution in [0.2, 0.25) is 0 Å². The second kappa shape index (κ2) is 7.92. The summed E-state index contributed by atoms with van der Waals surface area (Å²) in [5, 5.41) is 4.59. The topological polar surface area (TPSA) is 33.1 Å². The molecule has 0 spiro atoms. The van der Waals surface area contributed by atoms with E-state index in [1.165, 1.54) is 11.8 Å². The number of pyridine rings is 1. The second-order valence-corrected chi connectivity index (χ2v) is 7.78. The Morgan fingerprint density at radius 3 is 2.57 bits per heavy atom. The summed E-state index contributed by atoms with van der Waals surface area (Å²) in [7, 11) is 0. The van der Waals surface area contributed by atoms with E-state index >= 15 is 0 Å². The normalized spacial score (nSPS) is 14.4. The van der Waals surface area contributed by atoms with Crippen molar-refractivity contribution in [1.29, 1.82) is 0 Å². The van der Waals surface area contributed by atoms with Gasteiger partial charge in [0, 0.05) is 49.9 Å². The van der Waals surface area contributed by atoms with E-state index in [0.29, 0.717) is 12.0 Å². The molecule has 0 bridgehead atoms. The molecule has 0 atom stereocenters. The number of para-hydroxylation sites is 1. The van der Waals surface area contributed by atoms with Gasteiger partial charge in [-0.3, -0.25) is 4.57 Å². The molecular weight excluding hydrogens is 375 g/mol. The minimum absolute atomic E-state index is 0.156. The van der Waals surface area contributed by atoms with Gasteiger partial charge in [-0.15, -0.1) is 0 Å². The van der Waals surface area contributed by atoms with Crippen LogP contribution in [0.3, 0.4) is 0 Å². The molecule has 0 radical (unpaired) electrons. The SMILES string of the molecule is Cc1c(F)cccc1Cc1c(N2CCNCC2)c2cccnc2n1-c1ccccc1. The van der Waals surface area contributed by atoms with Crippen molar-refractivity contribution < 1.29 is 4.39 Å². The zero-order valence-corrected chi connectivity index (χ0v) is 17.1. The first-order valence-electron chi connectivity index (χ1n) is 10.5. The zero-order chi connectivity index (χ0) is 20.5. The van der Waals surface area contributed by atoms with Crippen LogP contribution in [0.5, 0.6) is 0 Å². The predicted octanol–water partition coefficient (Wildman–Crippen LogP) is 4.47. The van der Waals surface area contributed by atoms with E-state index in [1.807, 2.05) is 43.5 Å². The smallest absolute Gasteiger partial charge is 0.146 e. The summed E-state index contributed by atoms with van der Waals surface area (Å²) in [5.74, 6) is -0.156. The molecular formula is C25H25FN4. The number of nitrogens with one attached hydrogen (secondary N) is 1. The number of fused-ring (bicyclic) bond motifs is 1. The average Bonchev–Trinajstić information content (AvgIpc) is 3.12. The Hall–Kier alpha value is -3.18. The first-order chi connectivity index (χ1) is 14.7. The minimum Gasteiger partial charge on any atom is -0.367 e. The molecule has 5 heteroatoms. The maximum atomic E-state index is 14.3. The highest BCUT2D eigenvalue weighted by Crippen LogP contribution is 2.37. The lowest BCUT2D eigenvalue weighted by molar-refractivity contribution is 0.588. The molecule has 0 saturated carbocycles. The van der Waals surface area contributed by atoms with Gasteiger partial charge in [0.25, 0.3) is 0 Å². The van der Waals surface area contributed by atoms with Gasteiger partial charge in [-0.2, -0.15) is 0 Å². The number of anilines is 1. The van der Waals surface area contributed by atoms with Gasteiger partial charge in [0.15, 0.2) is 0 Å². The van der Waals surface area contributed by atoms with Crippen molar-refractivity contribution in [1.82, 2.24) is 14.9 Å². The third-order valence-corrected chi connectivity index (χ3v) is 5.98. The summed E-state index contributed by atoms with van der Waals surface area (Å²) in [6, 6.07) is 19.9. The maximum absolute atomic E-state index is 14.3. The molecule has 3 heterocycles. The van der Waals surface area contributed by atoms with Crippen LogP contribution in [0.4, 0.5) is 10.1 Å². The van der Waals surface area contributed by atoms with Crippen molar-refractivity contribution in [3.05, 3.63) is 89.5 Å². The largest absolute Gasteiger partial charge is 0.367 e. The molecule has 2 aromatic carbocycles. The van der Waals surface area contributed by atoms with Crippen molar-refractivity contribution in [2.45, 2.75) is 13.3 Å². The van der Waals surface area contributed by atoms with Crippen molar-refractivity contribution in [2.75, 3.05) is 31.1 Å². The number of hydrogen-bond donors (Lipinski definition) is 1. The summed E-state index contributed by atoms with van der Waals surface area (Å²) in [5.41, 5.74) is 6.11. The van der Waals surface area contributed by atoms with E-state index in [0.717, 1.165) is 54.2 Å². The standard InChI is InChI=1S/C25H25FN4/c1-18-19(7-5-11-22(18)26)17-23-24(29-15-13-27-14-16-29)21-10-6-12-28-25(21)30(23)20-8-3-2-4-9-20/h2-12,27H,13-17H2,1H3. The van der Waals surface area contributed by atoms with E-state index in [1.54, 1.807) is 6.07 Å². The van der Waals surface area contributed by atoms with Gasteiger partial charge in [0.2, 0.25) is 0 Å². The summed E-state index contributed by atoms with van der Waals surface area (Å²) < 4.78 is 16.6. The molecule has 1 aliphatic rings. The number of nitrogens with zero attached hydrogens (tertiary/aromatic N) is 3. The van der Waals surface area contributed by atoms with E-state index in [2.05, 4.69) is 33.0 Å². The van der Waals surface area contributed by atoms with Gasteiger partial charge in [-0.1, -0.05) is 30.3 Å². The van der Waals surface area contributed by atoms with Crippen LogP contribution in [-0.4, -0.2) is 35.7 Å². The molecule has 0 aliphatic carbocycles. The lowest BCUT2D eigenvalue weighted by atomic mass is 10.0. The maximum Gasteiger partial charge on any atom is 0.146 e. The number of hydrogen-bond acceptors (Lipinski definition) is 3. The third kappa shape index (κ3) is 3.25. The fourth-order valence-electron chi connectivity index (χ4n) is 4.43. The molecule has 0 amide bonds. The van der Waals surface area contributed by atoms with Gasteiger partial charge in [0.05, 0.1) is 11.4 Å². The summed E-state index contributed by atoms with van der Waals surface area (Å²) in [6.07, 6.45) is 2.49. The van der Waals surface area contributed by atoms with Crippen molar-refractivity contribution in [3.8, 4) is 5.69 Å². The van der Waals surface area contributed by atoms with Gasteiger partial charge < -0.3 is 10.2 Å². The Bertz CT molecular complexity index is 1180. The highest BCUT2D eigenvalue weighted by atomic mass is 19.1. The predicted molar refractivity (Wildman–Crippen MR) is 120 cm³/mol. The van der Waals surface area contributed by atoms with Crippen LogP contribution in [0.1, 0.15) is 16.8 Å². The number of aromatic nitrogens is 2. The molecule has 1 fully saturated rings. The highest BCUT2D eigenvalue weighted by molar-refractivity contribution is 5.95. The Balaban J connectivity index is 1.78. The minimum atomic E-state index is -0.156. The van der Waals surface area contributed by atoms with E-state index < -0.39 is 0 Å². The van der Waals surface area contributed by atoms with Crippen molar-refractivity contribution in [2.24, 2.45) is 0 Å². The molecule has 30 heavy (non-hydrogen) atoms. The van der Waals surface area contributed by atoms with Crippen molar-refractivity contribution in [3.63, 3.8) is 0 Å². The molecule has 0 unspecified atom stereocenters. The number of rotatable bonds is 4. The van der Waals surface area contributed by atoms with Crippen LogP contribution in [0, 0.1) is 12.7 Å². The van der Waals surface area contributed by atoms with Crippen LogP contribution >= 0.6 is 0 Å². The number of halogens is 1. The van der Waals surface area contributed by atoms with E-state index in [4.69, 9.17) is 4.98 Å². The molecule has 1 N–H and O–H groups in total. The third-order valence-electron chi connectivity index (χ3n) is 5.98. The van der Waals surface area contributed by atoms with Crippen LogP contribution in [-0.2, 0) is 6.42 Å². The fourth-order valence-corrected chi connectivity index (χ4v) is 4.43. The number of benzene rings is 2. The molecule has 4 aromatic rings. The molecule has 1 aliphatic heterocycles. The van der Waals surface area contributed by atoms with Crippen LogP contribution < -0.4 is 10.2 Å². The molecule has 1 saturated heterocycles. The van der Waals surface area contributed by atoms with Crippen LogP contribution in [0.15, 0.2) is 66.9 Å². The van der Waals surface area contributed by atoms with Crippen LogP contribution in [0.25, 0.3) is 16.7 Å². The molecule has 152 valence electrons. The lowest BCUT2D eigenvalue weighted by Crippen LogP contribution is -2.43.